The Hall–Kier alpha value is -1.10. The summed E-state index contributed by atoms with van der Waals surface area (Å²) in [4.78, 5) is 11.5. The lowest BCUT2D eigenvalue weighted by Gasteiger charge is -2.12. The van der Waals surface area contributed by atoms with Gasteiger partial charge in [0, 0.05) is 13.7 Å². The second-order valence-corrected chi connectivity index (χ2v) is 3.93. The molecular formula is C13H21ClN2O2. The van der Waals surface area contributed by atoms with E-state index in [2.05, 4.69) is 5.32 Å². The third-order valence-electron chi connectivity index (χ3n) is 2.65. The third-order valence-corrected chi connectivity index (χ3v) is 2.65. The molecule has 0 bridgehead atoms. The molecule has 0 saturated heterocycles. The minimum Gasteiger partial charge on any atom is -0.380 e. The second kappa shape index (κ2) is 8.91. The molecule has 0 spiro atoms. The van der Waals surface area contributed by atoms with Gasteiger partial charge in [-0.1, -0.05) is 31.2 Å². The third kappa shape index (κ3) is 5.04. The van der Waals surface area contributed by atoms with Gasteiger partial charge in [-0.3, -0.25) is 4.79 Å². The van der Waals surface area contributed by atoms with Crippen molar-refractivity contribution in [2.24, 2.45) is 5.73 Å². The summed E-state index contributed by atoms with van der Waals surface area (Å²) in [5.41, 5.74) is 7.79. The molecular weight excluding hydrogens is 252 g/mol. The highest BCUT2D eigenvalue weighted by molar-refractivity contribution is 5.85. The largest absolute Gasteiger partial charge is 0.380 e. The van der Waals surface area contributed by atoms with Crippen molar-refractivity contribution in [3.8, 4) is 0 Å². The van der Waals surface area contributed by atoms with E-state index in [1.807, 2.05) is 31.2 Å². The van der Waals surface area contributed by atoms with Crippen LogP contribution in [0.2, 0.25) is 0 Å². The van der Waals surface area contributed by atoms with E-state index in [4.69, 9.17) is 10.5 Å². The Balaban J connectivity index is 0.00000289. The normalized spacial score (nSPS) is 11.5. The first kappa shape index (κ1) is 16.9. The van der Waals surface area contributed by atoms with E-state index in [1.54, 1.807) is 7.11 Å². The fraction of sp³-hybridized carbons (Fsp3) is 0.462. The number of hydrogen-bond donors (Lipinski definition) is 2. The van der Waals surface area contributed by atoms with Crippen molar-refractivity contribution in [1.82, 2.24) is 5.32 Å². The monoisotopic (exact) mass is 272 g/mol. The predicted octanol–water partition coefficient (Wildman–Crippen LogP) is 1.61. The number of benzene rings is 1. The smallest absolute Gasteiger partial charge is 0.237 e. The molecule has 0 aromatic heterocycles. The number of methoxy groups -OCH3 is 1. The summed E-state index contributed by atoms with van der Waals surface area (Å²) in [5.74, 6) is -0.111. The zero-order valence-corrected chi connectivity index (χ0v) is 11.6. The Bertz CT molecular complexity index is 372. The van der Waals surface area contributed by atoms with Crippen molar-refractivity contribution in [3.63, 3.8) is 0 Å². The van der Waals surface area contributed by atoms with Gasteiger partial charge in [0.25, 0.3) is 0 Å². The average molecular weight is 273 g/mol. The van der Waals surface area contributed by atoms with Crippen LogP contribution in [0.5, 0.6) is 0 Å². The van der Waals surface area contributed by atoms with Crippen molar-refractivity contribution < 1.29 is 9.53 Å². The molecule has 0 aliphatic rings. The highest BCUT2D eigenvalue weighted by atomic mass is 35.5. The molecule has 1 rings (SSSR count). The summed E-state index contributed by atoms with van der Waals surface area (Å²) in [6, 6.07) is 7.44. The SMILES string of the molecule is CC[C@H](N)C(=O)NCc1ccccc1COC.Cl. The lowest BCUT2D eigenvalue weighted by Crippen LogP contribution is -2.39. The van der Waals surface area contributed by atoms with E-state index in [0.717, 1.165) is 11.1 Å². The standard InChI is InChI=1S/C13H20N2O2.ClH/c1-3-12(14)13(16)15-8-10-6-4-5-7-11(10)9-17-2;/h4-7,12H,3,8-9,14H2,1-2H3,(H,15,16);1H/t12-;/m0./s1. The van der Waals surface area contributed by atoms with Crippen LogP contribution in [0.15, 0.2) is 24.3 Å². The van der Waals surface area contributed by atoms with Gasteiger partial charge < -0.3 is 15.8 Å². The van der Waals surface area contributed by atoms with E-state index in [9.17, 15) is 4.79 Å². The average Bonchev–Trinajstić information content (AvgIpc) is 2.36. The highest BCUT2D eigenvalue weighted by Crippen LogP contribution is 2.09. The molecule has 1 atom stereocenters. The minimum absolute atomic E-state index is 0. The maximum absolute atomic E-state index is 11.5. The first-order valence-electron chi connectivity index (χ1n) is 5.78. The summed E-state index contributed by atoms with van der Waals surface area (Å²) >= 11 is 0. The van der Waals surface area contributed by atoms with Crippen molar-refractivity contribution in [2.75, 3.05) is 7.11 Å². The van der Waals surface area contributed by atoms with Crippen LogP contribution in [0.1, 0.15) is 24.5 Å². The zero-order chi connectivity index (χ0) is 12.7. The van der Waals surface area contributed by atoms with Gasteiger partial charge in [0.2, 0.25) is 5.91 Å². The van der Waals surface area contributed by atoms with Crippen LogP contribution in [0.3, 0.4) is 0 Å². The Labute approximate surface area is 114 Å². The van der Waals surface area contributed by atoms with Crippen LogP contribution in [0.4, 0.5) is 0 Å². The Kier molecular flexibility index (Phi) is 8.37. The van der Waals surface area contributed by atoms with Crippen LogP contribution in [0.25, 0.3) is 0 Å². The summed E-state index contributed by atoms with van der Waals surface area (Å²) in [6.07, 6.45) is 0.644. The van der Waals surface area contributed by atoms with Crippen LogP contribution in [0, 0.1) is 0 Å². The van der Waals surface area contributed by atoms with E-state index in [-0.39, 0.29) is 18.3 Å². The van der Waals surface area contributed by atoms with Crippen molar-refractivity contribution in [2.45, 2.75) is 32.5 Å². The van der Waals surface area contributed by atoms with Crippen molar-refractivity contribution in [1.29, 1.82) is 0 Å². The second-order valence-electron chi connectivity index (χ2n) is 3.93. The Morgan fingerprint density at radius 2 is 2.00 bits per heavy atom. The van der Waals surface area contributed by atoms with E-state index < -0.39 is 6.04 Å². The molecule has 1 aromatic rings. The number of rotatable bonds is 6. The number of nitrogens with two attached hydrogens (primary N) is 1. The van der Waals surface area contributed by atoms with E-state index in [1.165, 1.54) is 0 Å². The van der Waals surface area contributed by atoms with Gasteiger partial charge in [0.15, 0.2) is 0 Å². The summed E-state index contributed by atoms with van der Waals surface area (Å²) in [5, 5.41) is 2.83. The number of carbonyl (C=O) groups is 1. The van der Waals surface area contributed by atoms with Crippen molar-refractivity contribution in [3.05, 3.63) is 35.4 Å². The van der Waals surface area contributed by atoms with Gasteiger partial charge in [-0.25, -0.2) is 0 Å². The van der Waals surface area contributed by atoms with E-state index in [0.29, 0.717) is 19.6 Å². The van der Waals surface area contributed by atoms with Crippen molar-refractivity contribution >= 4 is 18.3 Å². The molecule has 0 fully saturated rings. The molecule has 4 nitrogen and oxygen atoms in total. The number of halogens is 1. The maximum atomic E-state index is 11.5. The number of ether oxygens (including phenoxy) is 1. The predicted molar refractivity (Wildman–Crippen MR) is 74.5 cm³/mol. The van der Waals surface area contributed by atoms with Gasteiger partial charge in [0.05, 0.1) is 12.6 Å². The van der Waals surface area contributed by atoms with Gasteiger partial charge in [-0.2, -0.15) is 0 Å². The number of nitrogens with one attached hydrogen (secondary N) is 1. The molecule has 18 heavy (non-hydrogen) atoms. The van der Waals surface area contributed by atoms with Gasteiger partial charge in [-0.15, -0.1) is 12.4 Å². The summed E-state index contributed by atoms with van der Waals surface area (Å²) in [6.45, 7) is 2.93. The topological polar surface area (TPSA) is 64.4 Å². The highest BCUT2D eigenvalue weighted by Gasteiger charge is 2.10. The molecule has 102 valence electrons. The van der Waals surface area contributed by atoms with E-state index >= 15 is 0 Å². The molecule has 5 heteroatoms. The number of carbonyl (C=O) groups excluding carboxylic acids is 1. The number of hydrogen-bond acceptors (Lipinski definition) is 3. The molecule has 0 aliphatic heterocycles. The van der Waals surface area contributed by atoms with Crippen LogP contribution in [-0.4, -0.2) is 19.1 Å². The Morgan fingerprint density at radius 1 is 1.39 bits per heavy atom. The molecule has 0 unspecified atom stereocenters. The fourth-order valence-corrected chi connectivity index (χ4v) is 1.53. The maximum Gasteiger partial charge on any atom is 0.237 e. The Morgan fingerprint density at radius 3 is 2.56 bits per heavy atom. The lowest BCUT2D eigenvalue weighted by molar-refractivity contribution is -0.122. The first-order chi connectivity index (χ1) is 8.19. The minimum atomic E-state index is -0.426. The molecule has 1 aromatic carbocycles. The van der Waals surface area contributed by atoms with Gasteiger partial charge >= 0.3 is 0 Å². The number of amides is 1. The molecule has 3 N–H and O–H groups in total. The van der Waals surface area contributed by atoms with Gasteiger partial charge in [-0.05, 0) is 17.5 Å². The molecule has 0 saturated carbocycles. The molecule has 1 amide bonds. The lowest BCUT2D eigenvalue weighted by atomic mass is 10.1. The van der Waals surface area contributed by atoms with Crippen LogP contribution < -0.4 is 11.1 Å². The first-order valence-corrected chi connectivity index (χ1v) is 5.78. The summed E-state index contributed by atoms with van der Waals surface area (Å²) in [7, 11) is 1.66. The zero-order valence-electron chi connectivity index (χ0n) is 10.8. The van der Waals surface area contributed by atoms with Gasteiger partial charge in [0.1, 0.15) is 0 Å². The summed E-state index contributed by atoms with van der Waals surface area (Å²) < 4.78 is 5.11. The van der Waals surface area contributed by atoms with Crippen LogP contribution >= 0.6 is 12.4 Å². The molecule has 0 aliphatic carbocycles. The molecule has 0 heterocycles. The van der Waals surface area contributed by atoms with Crippen LogP contribution in [-0.2, 0) is 22.7 Å². The quantitative estimate of drug-likeness (QED) is 0.827. The molecule has 0 radical (unpaired) electrons. The fourth-order valence-electron chi connectivity index (χ4n) is 1.53.